The van der Waals surface area contributed by atoms with Gasteiger partial charge >= 0.3 is 21.6 Å². The van der Waals surface area contributed by atoms with E-state index in [-0.39, 0.29) is 31.5 Å². The molecule has 1 heterocycles. The van der Waals surface area contributed by atoms with Gasteiger partial charge in [0.2, 0.25) is 0 Å². The summed E-state index contributed by atoms with van der Waals surface area (Å²) in [5, 5.41) is 0. The minimum Gasteiger partial charge on any atom is -0.466 e. The standard InChI is InChI=1S/C15H21F3NO5S/c1-4-23-14(20)10-12-5-6-19(13(9-12)11(2)3)7-8-24-25(21,22)15(16,17)18/h5-6,9,11H,4,7-8,10H2,1-3H3/q+1. The van der Waals surface area contributed by atoms with Gasteiger partial charge in [-0.05, 0) is 12.5 Å². The van der Waals surface area contributed by atoms with Crippen LogP contribution in [0.25, 0.3) is 0 Å². The van der Waals surface area contributed by atoms with Crippen molar-refractivity contribution in [2.24, 2.45) is 0 Å². The highest BCUT2D eigenvalue weighted by Crippen LogP contribution is 2.24. The molecule has 1 aromatic heterocycles. The molecule has 0 aliphatic rings. The van der Waals surface area contributed by atoms with E-state index in [4.69, 9.17) is 4.74 Å². The number of hydrogen-bond acceptors (Lipinski definition) is 5. The van der Waals surface area contributed by atoms with Crippen molar-refractivity contribution in [3.63, 3.8) is 0 Å². The molecule has 0 saturated carbocycles. The van der Waals surface area contributed by atoms with Crippen LogP contribution in [-0.4, -0.2) is 33.1 Å². The van der Waals surface area contributed by atoms with E-state index in [1.165, 1.54) is 0 Å². The fourth-order valence-corrected chi connectivity index (χ4v) is 2.52. The molecule has 1 rings (SSSR count). The first kappa shape index (κ1) is 21.4. The van der Waals surface area contributed by atoms with E-state index in [0.717, 1.165) is 5.69 Å². The monoisotopic (exact) mass is 384 g/mol. The molecule has 0 aromatic carbocycles. The molecule has 0 saturated heterocycles. The summed E-state index contributed by atoms with van der Waals surface area (Å²) in [6.45, 7) is 4.98. The summed E-state index contributed by atoms with van der Waals surface area (Å²) >= 11 is 0. The van der Waals surface area contributed by atoms with Gasteiger partial charge < -0.3 is 4.74 Å². The van der Waals surface area contributed by atoms with Crippen molar-refractivity contribution in [1.29, 1.82) is 0 Å². The Morgan fingerprint density at radius 3 is 2.48 bits per heavy atom. The second kappa shape index (κ2) is 8.61. The van der Waals surface area contributed by atoms with Crippen molar-refractivity contribution < 1.29 is 39.9 Å². The number of carbonyl (C=O) groups excluding carboxylic acids is 1. The molecule has 0 unspecified atom stereocenters. The zero-order valence-electron chi connectivity index (χ0n) is 14.2. The van der Waals surface area contributed by atoms with E-state index >= 15 is 0 Å². The van der Waals surface area contributed by atoms with Gasteiger partial charge in [0.1, 0.15) is 6.61 Å². The second-order valence-electron chi connectivity index (χ2n) is 5.51. The summed E-state index contributed by atoms with van der Waals surface area (Å²) < 4.78 is 69.0. The van der Waals surface area contributed by atoms with Crippen molar-refractivity contribution in [1.82, 2.24) is 0 Å². The fraction of sp³-hybridized carbons (Fsp3) is 0.600. The molecule has 25 heavy (non-hydrogen) atoms. The lowest BCUT2D eigenvalue weighted by atomic mass is 10.1. The molecular formula is C15H21F3NO5S+. The molecule has 142 valence electrons. The van der Waals surface area contributed by atoms with Crippen LogP contribution in [0.15, 0.2) is 18.3 Å². The number of carbonyl (C=O) groups is 1. The minimum absolute atomic E-state index is 0.00127. The summed E-state index contributed by atoms with van der Waals surface area (Å²) in [6.07, 6.45) is 1.65. The molecule has 0 N–H and O–H groups in total. The number of esters is 1. The van der Waals surface area contributed by atoms with Crippen molar-refractivity contribution in [3.05, 3.63) is 29.6 Å². The molecule has 0 aliphatic heterocycles. The van der Waals surface area contributed by atoms with E-state index in [9.17, 15) is 26.4 Å². The smallest absolute Gasteiger partial charge is 0.466 e. The molecule has 0 spiro atoms. The van der Waals surface area contributed by atoms with E-state index in [2.05, 4.69) is 4.18 Å². The summed E-state index contributed by atoms with van der Waals surface area (Å²) in [7, 11) is -5.61. The number of rotatable bonds is 8. The highest BCUT2D eigenvalue weighted by molar-refractivity contribution is 7.87. The first-order valence-electron chi connectivity index (χ1n) is 7.61. The van der Waals surface area contributed by atoms with Crippen LogP contribution in [0.5, 0.6) is 0 Å². The Morgan fingerprint density at radius 1 is 1.32 bits per heavy atom. The average Bonchev–Trinajstić information content (AvgIpc) is 2.47. The number of aromatic nitrogens is 1. The topological polar surface area (TPSA) is 73.5 Å². The molecule has 0 radical (unpaired) electrons. The lowest BCUT2D eigenvalue weighted by Crippen LogP contribution is -2.42. The Balaban J connectivity index is 2.85. The molecule has 0 aliphatic carbocycles. The maximum Gasteiger partial charge on any atom is 0.523 e. The zero-order valence-corrected chi connectivity index (χ0v) is 15.0. The molecule has 0 atom stereocenters. The van der Waals surface area contributed by atoms with E-state index in [0.29, 0.717) is 5.56 Å². The third kappa shape index (κ3) is 6.28. The highest BCUT2D eigenvalue weighted by atomic mass is 32.2. The normalized spacial score (nSPS) is 12.4. The second-order valence-corrected chi connectivity index (χ2v) is 7.12. The molecule has 0 amide bonds. The lowest BCUT2D eigenvalue weighted by Gasteiger charge is -2.10. The van der Waals surface area contributed by atoms with Gasteiger partial charge in [-0.2, -0.15) is 26.2 Å². The van der Waals surface area contributed by atoms with E-state index in [1.807, 2.05) is 13.8 Å². The molecule has 1 aromatic rings. The van der Waals surface area contributed by atoms with Crippen LogP contribution < -0.4 is 4.57 Å². The number of halogens is 3. The largest absolute Gasteiger partial charge is 0.523 e. The number of nitrogens with zero attached hydrogens (tertiary/aromatic N) is 1. The summed E-state index contributed by atoms with van der Waals surface area (Å²) in [6, 6.07) is 3.36. The van der Waals surface area contributed by atoms with Gasteiger partial charge in [0.05, 0.1) is 13.0 Å². The van der Waals surface area contributed by atoms with Crippen molar-refractivity contribution in [3.8, 4) is 0 Å². The number of pyridine rings is 1. The Labute approximate surface area is 144 Å². The Morgan fingerprint density at radius 2 is 1.96 bits per heavy atom. The Bertz CT molecular complexity index is 702. The van der Waals surface area contributed by atoms with Crippen molar-refractivity contribution >= 4 is 16.1 Å². The molecule has 0 bridgehead atoms. The highest BCUT2D eigenvalue weighted by Gasteiger charge is 2.47. The van der Waals surface area contributed by atoms with E-state index < -0.39 is 22.2 Å². The third-order valence-electron chi connectivity index (χ3n) is 3.23. The summed E-state index contributed by atoms with van der Waals surface area (Å²) in [5.41, 5.74) is -4.01. The van der Waals surface area contributed by atoms with Crippen LogP contribution in [0.3, 0.4) is 0 Å². The van der Waals surface area contributed by atoms with E-state index in [1.54, 1.807) is 29.8 Å². The molecule has 10 heteroatoms. The van der Waals surface area contributed by atoms with Crippen LogP contribution in [0.4, 0.5) is 13.2 Å². The Kier molecular flexibility index (Phi) is 7.36. The van der Waals surface area contributed by atoms with Crippen LogP contribution in [0.1, 0.15) is 37.9 Å². The number of ether oxygens (including phenoxy) is 1. The maximum absolute atomic E-state index is 12.2. The lowest BCUT2D eigenvalue weighted by molar-refractivity contribution is -0.705. The third-order valence-corrected chi connectivity index (χ3v) is 4.28. The molecule has 0 fully saturated rings. The molecular weight excluding hydrogens is 363 g/mol. The SMILES string of the molecule is CCOC(=O)Cc1cc[n+](CCOS(=O)(=O)C(F)(F)F)c(C(C)C)c1. The number of hydrogen-bond donors (Lipinski definition) is 0. The molecule has 6 nitrogen and oxygen atoms in total. The van der Waals surface area contributed by atoms with Crippen LogP contribution >= 0.6 is 0 Å². The van der Waals surface area contributed by atoms with Gasteiger partial charge in [-0.1, -0.05) is 13.8 Å². The number of alkyl halides is 3. The van der Waals surface area contributed by atoms with Crippen LogP contribution in [0, 0.1) is 0 Å². The van der Waals surface area contributed by atoms with Crippen LogP contribution in [0.2, 0.25) is 0 Å². The van der Waals surface area contributed by atoms with Gasteiger partial charge in [-0.25, -0.2) is 0 Å². The van der Waals surface area contributed by atoms with Crippen LogP contribution in [-0.2, 0) is 36.8 Å². The van der Waals surface area contributed by atoms with Gasteiger partial charge in [-0.15, -0.1) is 0 Å². The predicted octanol–water partition coefficient (Wildman–Crippen LogP) is 2.07. The quantitative estimate of drug-likeness (QED) is 0.297. The average molecular weight is 384 g/mol. The van der Waals surface area contributed by atoms with Gasteiger partial charge in [-0.3, -0.25) is 8.98 Å². The maximum atomic E-state index is 12.2. The predicted molar refractivity (Wildman–Crippen MR) is 82.0 cm³/mol. The van der Waals surface area contributed by atoms with Crippen molar-refractivity contribution in [2.45, 2.75) is 45.2 Å². The Hall–Kier alpha value is -1.68. The summed E-state index contributed by atoms with van der Waals surface area (Å²) in [5.74, 6) is -0.379. The van der Waals surface area contributed by atoms with Gasteiger partial charge in [0.15, 0.2) is 18.4 Å². The first-order valence-corrected chi connectivity index (χ1v) is 9.02. The van der Waals surface area contributed by atoms with Gasteiger partial charge in [0.25, 0.3) is 0 Å². The van der Waals surface area contributed by atoms with Gasteiger partial charge in [0, 0.05) is 18.1 Å². The van der Waals surface area contributed by atoms with Crippen molar-refractivity contribution in [2.75, 3.05) is 13.2 Å². The first-order chi connectivity index (χ1) is 11.5. The fourth-order valence-electron chi connectivity index (χ4n) is 2.10. The minimum atomic E-state index is -5.61. The zero-order chi connectivity index (χ0) is 19.3. The summed E-state index contributed by atoms with van der Waals surface area (Å²) in [4.78, 5) is 11.5.